The first kappa shape index (κ1) is 41.4. The van der Waals surface area contributed by atoms with Gasteiger partial charge in [-0.25, -0.2) is 25.3 Å². The number of nitrogens with zero attached hydrogens (tertiary/aromatic N) is 8. The van der Waals surface area contributed by atoms with Crippen molar-refractivity contribution in [1.82, 2.24) is 10.3 Å². The molecule has 5 heterocycles. The molecule has 0 atom stereocenters. The zero-order valence-electron chi connectivity index (χ0n) is 36.7. The number of benzene rings is 8. The quantitative estimate of drug-likeness (QED) is 0.170. The van der Waals surface area contributed by atoms with Crippen molar-refractivity contribution in [3.63, 3.8) is 0 Å². The maximum Gasteiger partial charge on any atom is 1.00 e. The summed E-state index contributed by atoms with van der Waals surface area (Å²) < 4.78 is 26.3. The number of hydrogen-bond donors (Lipinski definition) is 0. The summed E-state index contributed by atoms with van der Waals surface area (Å²) in [5.74, 6) is 6.79. The molecular formula is C56H32LiN8O4. The largest absolute Gasteiger partial charge is 1.00 e. The molecule has 0 unspecified atom stereocenters. The Labute approximate surface area is 405 Å². The van der Waals surface area contributed by atoms with Gasteiger partial charge in [-0.3, -0.25) is 0 Å². The molecule has 69 heavy (non-hydrogen) atoms. The van der Waals surface area contributed by atoms with Gasteiger partial charge >= 0.3 is 18.9 Å². The molecule has 8 bridgehead atoms. The molecule has 9 aromatic rings. The Morgan fingerprint density at radius 3 is 1.36 bits per heavy atom. The van der Waals surface area contributed by atoms with Gasteiger partial charge in [0.2, 0.25) is 0 Å². The van der Waals surface area contributed by atoms with E-state index in [0.29, 0.717) is 135 Å². The van der Waals surface area contributed by atoms with Gasteiger partial charge in [-0.2, -0.15) is 0 Å². The zero-order valence-corrected chi connectivity index (χ0v) is 36.7. The van der Waals surface area contributed by atoms with Crippen molar-refractivity contribution in [3.05, 3.63) is 238 Å². The van der Waals surface area contributed by atoms with Gasteiger partial charge in [-0.15, -0.1) is 0 Å². The molecule has 1 aromatic heterocycles. The van der Waals surface area contributed by atoms with E-state index in [1.54, 1.807) is 0 Å². The van der Waals surface area contributed by atoms with E-state index < -0.39 is 0 Å². The van der Waals surface area contributed by atoms with Gasteiger partial charge in [0.1, 0.15) is 46.0 Å². The minimum absolute atomic E-state index is 0. The number of rotatable bonds is 8. The molecule has 0 fully saturated rings. The topological polar surface area (TPSA) is 139 Å². The molecule has 13 heteroatoms. The van der Waals surface area contributed by atoms with E-state index in [9.17, 15) is 0 Å². The van der Waals surface area contributed by atoms with E-state index in [2.05, 4.69) is 0 Å². The Morgan fingerprint density at radius 1 is 0.333 bits per heavy atom. The van der Waals surface area contributed by atoms with Crippen LogP contribution in [0.5, 0.6) is 46.0 Å². The number of aromatic nitrogens is 1. The first-order valence-electron chi connectivity index (χ1n) is 21.8. The van der Waals surface area contributed by atoms with E-state index in [1.165, 1.54) is 0 Å². The normalized spacial score (nSPS) is 13.7. The fourth-order valence-electron chi connectivity index (χ4n) is 8.53. The van der Waals surface area contributed by atoms with E-state index in [-0.39, 0.29) is 18.9 Å². The third kappa shape index (κ3) is 7.56. The van der Waals surface area contributed by atoms with Crippen LogP contribution in [-0.4, -0.2) is 23.3 Å². The molecule has 4 aliphatic heterocycles. The summed E-state index contributed by atoms with van der Waals surface area (Å²) >= 11 is 0. The van der Waals surface area contributed by atoms with E-state index in [0.717, 1.165) is 0 Å². The van der Waals surface area contributed by atoms with Gasteiger partial charge in [-0.1, -0.05) is 121 Å². The molecule has 321 valence electrons. The van der Waals surface area contributed by atoms with Crippen molar-refractivity contribution in [2.24, 2.45) is 30.0 Å². The van der Waals surface area contributed by atoms with Crippen molar-refractivity contribution in [2.45, 2.75) is 0 Å². The Balaban J connectivity index is 0.00000492. The minimum atomic E-state index is 0. The average molecular weight is 888 g/mol. The molecule has 1 radical (unpaired) electrons. The first-order valence-corrected chi connectivity index (χ1v) is 21.8. The fraction of sp³-hybridized carbons (Fsp3) is 0. The maximum atomic E-state index is 6.57. The summed E-state index contributed by atoms with van der Waals surface area (Å²) in [6.45, 7) is 0. The van der Waals surface area contributed by atoms with Crippen LogP contribution in [0, 0.1) is 0 Å². The van der Waals surface area contributed by atoms with Crippen molar-refractivity contribution < 1.29 is 37.8 Å². The summed E-state index contributed by atoms with van der Waals surface area (Å²) in [5.41, 5.74) is 3.32. The van der Waals surface area contributed by atoms with E-state index in [4.69, 9.17) is 59.2 Å². The predicted molar refractivity (Wildman–Crippen MR) is 259 cm³/mol. The number of aliphatic imine (C=N–C) groups is 4. The number of para-hydroxylation sites is 4. The monoisotopic (exact) mass is 887 g/mol. The molecule has 0 N–H and O–H groups in total. The van der Waals surface area contributed by atoms with E-state index >= 15 is 0 Å². The second-order valence-corrected chi connectivity index (χ2v) is 15.9. The maximum absolute atomic E-state index is 6.57. The van der Waals surface area contributed by atoms with Gasteiger partial charge in [0.05, 0.1) is 28.0 Å². The zero-order chi connectivity index (χ0) is 45.0. The van der Waals surface area contributed by atoms with Gasteiger partial charge in [0.25, 0.3) is 0 Å². The van der Waals surface area contributed by atoms with Gasteiger partial charge in [-0.05, 0) is 78.2 Å². The Morgan fingerprint density at radius 2 is 0.768 bits per heavy atom. The summed E-state index contributed by atoms with van der Waals surface area (Å²) in [4.78, 5) is 36.5. The smallest absolute Gasteiger partial charge is 0.457 e. The molecular weight excluding hydrogens is 856 g/mol. The van der Waals surface area contributed by atoms with Crippen LogP contribution in [0.4, 0.5) is 0 Å². The van der Waals surface area contributed by atoms with Crippen LogP contribution in [0.2, 0.25) is 0 Å². The molecule has 8 aromatic carbocycles. The molecule has 4 aliphatic rings. The van der Waals surface area contributed by atoms with Crippen LogP contribution in [-0.2, 0) is 0 Å². The summed E-state index contributed by atoms with van der Waals surface area (Å²) in [7, 11) is 0. The minimum Gasteiger partial charge on any atom is -0.457 e. The molecule has 0 spiro atoms. The van der Waals surface area contributed by atoms with Crippen LogP contribution in [0.3, 0.4) is 0 Å². The van der Waals surface area contributed by atoms with Crippen LogP contribution >= 0.6 is 0 Å². The van der Waals surface area contributed by atoms with Crippen molar-refractivity contribution in [3.8, 4) is 46.0 Å². The SMILES string of the molecule is [Li+].c1ccc(Oc2cccc3c2C2=NC3=NC3=c4c(Oc5ccccc5)cccc4=C([N]3)N=C3N=C(N=c4[n-]c(c5cccc(Oc6ccccc6)c45)=N2)c2cccc(Oc4ccccc4)c23)cc1. The summed E-state index contributed by atoms with van der Waals surface area (Å²) in [6, 6.07) is 61.3. The van der Waals surface area contributed by atoms with Gasteiger partial charge < -0.3 is 33.9 Å². The third-order valence-corrected chi connectivity index (χ3v) is 11.5. The van der Waals surface area contributed by atoms with Gasteiger partial charge in [0.15, 0.2) is 23.3 Å². The third-order valence-electron chi connectivity index (χ3n) is 11.5. The average Bonchev–Trinajstić information content (AvgIpc) is 4.12. The predicted octanol–water partition coefficient (Wildman–Crippen LogP) is 6.09. The Bertz CT molecular complexity index is 3930. The van der Waals surface area contributed by atoms with Crippen LogP contribution in [0.15, 0.2) is 224 Å². The molecule has 0 amide bonds. The van der Waals surface area contributed by atoms with Crippen LogP contribution < -0.4 is 69.5 Å². The molecule has 0 aliphatic carbocycles. The molecule has 12 nitrogen and oxygen atoms in total. The summed E-state index contributed by atoms with van der Waals surface area (Å²) in [5, 5.41) is 7.78. The fourth-order valence-corrected chi connectivity index (χ4v) is 8.53. The van der Waals surface area contributed by atoms with Crippen LogP contribution in [0.25, 0.3) is 22.4 Å². The standard InChI is InChI=1S/C56H32N8O4.Li/c1-5-17-33(18-6-1)65-41-29-13-25-37-45(41)53-57-49(37)62-54-47-39(27-15-31-43(47)67-35-21-9-3-10-22-35)51(59-54)64-56-48-40(28-16-32-44(48)68-36-23-11-4-12-24-36)52(60-56)63-55-46-38(50(58-55)61-53)26-14-30-42(46)66-34-19-7-2-8-20-34;/h1-32H;/q-1;+1. The number of fused-ring (bicyclic) bond motifs is 16. The number of hydrogen-bond acceptors (Lipinski definition) is 10. The van der Waals surface area contributed by atoms with Crippen molar-refractivity contribution >= 4 is 45.8 Å². The number of ether oxygens (including phenoxy) is 4. The van der Waals surface area contributed by atoms with Crippen LogP contribution in [0.1, 0.15) is 22.3 Å². The molecule has 0 saturated carbocycles. The van der Waals surface area contributed by atoms with Crippen molar-refractivity contribution in [2.75, 3.05) is 0 Å². The second-order valence-electron chi connectivity index (χ2n) is 15.9. The Kier molecular flexibility index (Phi) is 10.4. The number of amidine groups is 4. The van der Waals surface area contributed by atoms with E-state index in [1.807, 2.05) is 194 Å². The second kappa shape index (κ2) is 17.3. The molecule has 0 saturated heterocycles. The Hall–Kier alpha value is -9.08. The summed E-state index contributed by atoms with van der Waals surface area (Å²) in [6.07, 6.45) is 0. The molecule has 13 rings (SSSR count). The first-order chi connectivity index (χ1) is 33.7. The van der Waals surface area contributed by atoms with Gasteiger partial charge in [0, 0.05) is 32.7 Å². The van der Waals surface area contributed by atoms with Crippen molar-refractivity contribution in [1.29, 1.82) is 0 Å².